The molecule has 0 aromatic carbocycles. The highest BCUT2D eigenvalue weighted by atomic mass is 16.6. The summed E-state index contributed by atoms with van der Waals surface area (Å²) < 4.78 is 5.55. The number of aromatic amines is 1. The monoisotopic (exact) mass is 322 g/mol. The Hall–Kier alpha value is -1.56. The minimum atomic E-state index is -0.452. The van der Waals surface area contributed by atoms with Crippen LogP contribution in [-0.4, -0.2) is 45.7 Å². The van der Waals surface area contributed by atoms with Gasteiger partial charge in [0.1, 0.15) is 11.4 Å². The fraction of sp³-hybridized carbons (Fsp3) is 0.765. The second-order valence-electron chi connectivity index (χ2n) is 7.17. The number of carbonyl (C=O) groups excluding carboxylic acids is 1. The van der Waals surface area contributed by atoms with Gasteiger partial charge in [0.2, 0.25) is 0 Å². The molecule has 1 aromatic heterocycles. The number of amides is 1. The first-order valence-electron chi connectivity index (χ1n) is 8.63. The lowest BCUT2D eigenvalue weighted by atomic mass is 10.0. The van der Waals surface area contributed by atoms with Crippen molar-refractivity contribution >= 4 is 6.09 Å². The minimum absolute atomic E-state index is 0.183. The number of hydrogen-bond acceptors (Lipinski definition) is 4. The van der Waals surface area contributed by atoms with Crippen LogP contribution in [0, 0.1) is 0 Å². The predicted octanol–water partition coefficient (Wildman–Crippen LogP) is 3.24. The molecule has 1 saturated heterocycles. The second-order valence-corrected chi connectivity index (χ2v) is 7.17. The summed E-state index contributed by atoms with van der Waals surface area (Å²) >= 11 is 0. The zero-order valence-electron chi connectivity index (χ0n) is 14.8. The normalized spacial score (nSPS) is 20.3. The zero-order valence-corrected chi connectivity index (χ0v) is 14.8. The molecule has 2 atom stereocenters. The molecule has 1 aromatic rings. The lowest BCUT2D eigenvalue weighted by molar-refractivity contribution is 0.00962. The lowest BCUT2D eigenvalue weighted by Gasteiger charge is -2.37. The molecule has 0 saturated carbocycles. The molecule has 1 aliphatic heterocycles. The van der Waals surface area contributed by atoms with Gasteiger partial charge in [-0.15, -0.1) is 0 Å². The number of aromatic nitrogens is 2. The van der Waals surface area contributed by atoms with E-state index in [4.69, 9.17) is 4.74 Å². The number of imidazole rings is 1. The highest BCUT2D eigenvalue weighted by Crippen LogP contribution is 2.21. The molecular weight excluding hydrogens is 292 g/mol. The van der Waals surface area contributed by atoms with E-state index >= 15 is 0 Å². The standard InChI is InChI=1S/C17H30N4O2/c1-5-14(15-18-9-10-19-15)20-12-13-8-6-7-11-21(13)16(22)23-17(2,3)4/h9-10,13-14,20H,5-8,11-12H2,1-4H3,(H,18,19). The summed E-state index contributed by atoms with van der Waals surface area (Å²) in [5.41, 5.74) is -0.452. The Bertz CT molecular complexity index is 481. The summed E-state index contributed by atoms with van der Waals surface area (Å²) in [5.74, 6) is 0.951. The van der Waals surface area contributed by atoms with Crippen LogP contribution in [0.5, 0.6) is 0 Å². The van der Waals surface area contributed by atoms with Crippen LogP contribution in [0.25, 0.3) is 0 Å². The van der Waals surface area contributed by atoms with Crippen LogP contribution in [0.15, 0.2) is 12.4 Å². The van der Waals surface area contributed by atoms with Gasteiger partial charge in [-0.1, -0.05) is 6.92 Å². The van der Waals surface area contributed by atoms with E-state index in [1.165, 1.54) is 0 Å². The smallest absolute Gasteiger partial charge is 0.410 e. The molecule has 1 amide bonds. The van der Waals surface area contributed by atoms with E-state index in [1.807, 2.05) is 31.9 Å². The van der Waals surface area contributed by atoms with E-state index in [0.717, 1.165) is 44.6 Å². The maximum atomic E-state index is 12.4. The van der Waals surface area contributed by atoms with Gasteiger partial charge < -0.3 is 19.9 Å². The van der Waals surface area contributed by atoms with Gasteiger partial charge in [-0.25, -0.2) is 9.78 Å². The molecular formula is C17H30N4O2. The lowest BCUT2D eigenvalue weighted by Crippen LogP contribution is -2.50. The molecule has 6 nitrogen and oxygen atoms in total. The maximum absolute atomic E-state index is 12.4. The Morgan fingerprint density at radius 1 is 1.52 bits per heavy atom. The number of likely N-dealkylation sites (tertiary alicyclic amines) is 1. The molecule has 0 aliphatic carbocycles. The van der Waals surface area contributed by atoms with E-state index < -0.39 is 5.60 Å². The Morgan fingerprint density at radius 3 is 2.91 bits per heavy atom. The molecule has 6 heteroatoms. The molecule has 0 bridgehead atoms. The number of rotatable bonds is 5. The van der Waals surface area contributed by atoms with Gasteiger partial charge >= 0.3 is 6.09 Å². The van der Waals surface area contributed by atoms with Crippen molar-refractivity contribution in [3.8, 4) is 0 Å². The van der Waals surface area contributed by atoms with Crippen molar-refractivity contribution in [3.63, 3.8) is 0 Å². The van der Waals surface area contributed by atoms with Gasteiger partial charge in [0, 0.05) is 31.5 Å². The number of nitrogens with one attached hydrogen (secondary N) is 2. The highest BCUT2D eigenvalue weighted by molar-refractivity contribution is 5.68. The Labute approximate surface area is 139 Å². The highest BCUT2D eigenvalue weighted by Gasteiger charge is 2.30. The first kappa shape index (κ1) is 17.8. The van der Waals surface area contributed by atoms with Gasteiger partial charge in [-0.2, -0.15) is 0 Å². The average molecular weight is 322 g/mol. The molecule has 0 radical (unpaired) electrons. The summed E-state index contributed by atoms with van der Waals surface area (Å²) in [7, 11) is 0. The average Bonchev–Trinajstić information content (AvgIpc) is 3.01. The van der Waals surface area contributed by atoms with Crippen LogP contribution in [0.3, 0.4) is 0 Å². The number of carbonyl (C=O) groups is 1. The van der Waals surface area contributed by atoms with E-state index in [-0.39, 0.29) is 18.2 Å². The van der Waals surface area contributed by atoms with Crippen molar-refractivity contribution in [1.82, 2.24) is 20.2 Å². The first-order chi connectivity index (χ1) is 10.9. The Kier molecular flexibility index (Phi) is 6.04. The van der Waals surface area contributed by atoms with Crippen molar-refractivity contribution in [2.45, 2.75) is 71.1 Å². The zero-order chi connectivity index (χ0) is 16.9. The van der Waals surface area contributed by atoms with Crippen molar-refractivity contribution < 1.29 is 9.53 Å². The van der Waals surface area contributed by atoms with Crippen LogP contribution >= 0.6 is 0 Å². The van der Waals surface area contributed by atoms with Crippen molar-refractivity contribution in [2.75, 3.05) is 13.1 Å². The summed E-state index contributed by atoms with van der Waals surface area (Å²) in [4.78, 5) is 21.8. The third kappa shape index (κ3) is 5.23. The van der Waals surface area contributed by atoms with E-state index in [2.05, 4.69) is 22.2 Å². The molecule has 1 aliphatic rings. The summed E-state index contributed by atoms with van der Waals surface area (Å²) in [6.45, 7) is 9.40. The summed E-state index contributed by atoms with van der Waals surface area (Å²) in [5, 5.41) is 3.55. The molecule has 2 rings (SSSR count). The van der Waals surface area contributed by atoms with Gasteiger partial charge in [-0.3, -0.25) is 0 Å². The third-order valence-electron chi connectivity index (χ3n) is 4.11. The van der Waals surface area contributed by atoms with Gasteiger partial charge in [0.05, 0.1) is 6.04 Å². The van der Waals surface area contributed by atoms with Crippen LogP contribution < -0.4 is 5.32 Å². The summed E-state index contributed by atoms with van der Waals surface area (Å²) in [6, 6.07) is 0.370. The molecule has 2 N–H and O–H groups in total. The number of ether oxygens (including phenoxy) is 1. The maximum Gasteiger partial charge on any atom is 0.410 e. The number of nitrogens with zero attached hydrogens (tertiary/aromatic N) is 2. The molecule has 23 heavy (non-hydrogen) atoms. The van der Waals surface area contributed by atoms with Crippen molar-refractivity contribution in [1.29, 1.82) is 0 Å². The van der Waals surface area contributed by atoms with Gasteiger partial charge in [-0.05, 0) is 46.5 Å². The number of piperidine rings is 1. The second kappa shape index (κ2) is 7.81. The Balaban J connectivity index is 1.94. The quantitative estimate of drug-likeness (QED) is 0.873. The largest absolute Gasteiger partial charge is 0.444 e. The van der Waals surface area contributed by atoms with E-state index in [1.54, 1.807) is 6.20 Å². The SMILES string of the molecule is CCC(NCC1CCCCN1C(=O)OC(C)(C)C)c1ncc[nH]1. The van der Waals surface area contributed by atoms with Gasteiger partial charge in [0.25, 0.3) is 0 Å². The fourth-order valence-corrected chi connectivity index (χ4v) is 2.95. The van der Waals surface area contributed by atoms with Gasteiger partial charge in [0.15, 0.2) is 0 Å². The molecule has 2 unspecified atom stereocenters. The molecule has 0 spiro atoms. The fourth-order valence-electron chi connectivity index (χ4n) is 2.95. The topological polar surface area (TPSA) is 70.2 Å². The number of H-pyrrole nitrogens is 1. The van der Waals surface area contributed by atoms with Crippen LogP contribution in [0.1, 0.15) is 65.2 Å². The van der Waals surface area contributed by atoms with E-state index in [0.29, 0.717) is 0 Å². The van der Waals surface area contributed by atoms with E-state index in [9.17, 15) is 4.79 Å². The van der Waals surface area contributed by atoms with Crippen LogP contribution in [0.4, 0.5) is 4.79 Å². The number of hydrogen-bond donors (Lipinski definition) is 2. The first-order valence-corrected chi connectivity index (χ1v) is 8.63. The Morgan fingerprint density at radius 2 is 2.30 bits per heavy atom. The molecule has 1 fully saturated rings. The predicted molar refractivity (Wildman–Crippen MR) is 90.2 cm³/mol. The molecule has 130 valence electrons. The van der Waals surface area contributed by atoms with Crippen molar-refractivity contribution in [2.24, 2.45) is 0 Å². The minimum Gasteiger partial charge on any atom is -0.444 e. The van der Waals surface area contributed by atoms with Crippen molar-refractivity contribution in [3.05, 3.63) is 18.2 Å². The molecule has 2 heterocycles. The van der Waals surface area contributed by atoms with Crippen LogP contribution in [0.2, 0.25) is 0 Å². The van der Waals surface area contributed by atoms with Crippen LogP contribution in [-0.2, 0) is 4.74 Å². The summed E-state index contributed by atoms with van der Waals surface area (Å²) in [6.07, 6.45) is 7.58. The third-order valence-corrected chi connectivity index (χ3v) is 4.11.